The third kappa shape index (κ3) is 5.14. The summed E-state index contributed by atoms with van der Waals surface area (Å²) >= 11 is 5.96. The molecule has 1 aromatic heterocycles. The van der Waals surface area contributed by atoms with E-state index in [9.17, 15) is 9.59 Å². The van der Waals surface area contributed by atoms with Crippen LogP contribution in [0.4, 0.5) is 5.69 Å². The van der Waals surface area contributed by atoms with Crippen LogP contribution in [0.5, 0.6) is 5.75 Å². The topological polar surface area (TPSA) is 85.2 Å². The van der Waals surface area contributed by atoms with Crippen LogP contribution in [0.3, 0.4) is 0 Å². The molecule has 0 saturated carbocycles. The summed E-state index contributed by atoms with van der Waals surface area (Å²) in [6.07, 6.45) is 1.63. The fourth-order valence-electron chi connectivity index (χ4n) is 2.68. The highest BCUT2D eigenvalue weighted by atomic mass is 35.5. The second kappa shape index (κ2) is 9.25. The van der Waals surface area contributed by atoms with Crippen molar-refractivity contribution < 1.29 is 14.3 Å². The van der Waals surface area contributed by atoms with E-state index in [0.717, 1.165) is 5.56 Å². The summed E-state index contributed by atoms with van der Waals surface area (Å²) in [5, 5.41) is 10.1. The molecule has 0 fully saturated rings. The van der Waals surface area contributed by atoms with Crippen molar-refractivity contribution >= 4 is 29.1 Å². The van der Waals surface area contributed by atoms with E-state index in [0.29, 0.717) is 35.2 Å². The Labute approximate surface area is 173 Å². The fourth-order valence-corrected chi connectivity index (χ4v) is 2.86. The lowest BCUT2D eigenvalue weighted by atomic mass is 10.1. The number of carbonyl (C=O) groups is 2. The summed E-state index contributed by atoms with van der Waals surface area (Å²) in [4.78, 5) is 24.7. The molecule has 2 amide bonds. The molecule has 150 valence electrons. The Balaban J connectivity index is 1.73. The Morgan fingerprint density at radius 1 is 1.14 bits per heavy atom. The lowest BCUT2D eigenvalue weighted by Crippen LogP contribution is -2.21. The van der Waals surface area contributed by atoms with Gasteiger partial charge in [0.25, 0.3) is 11.8 Å². The minimum Gasteiger partial charge on any atom is -0.489 e. The highest BCUT2D eigenvalue weighted by Gasteiger charge is 2.18. The van der Waals surface area contributed by atoms with Gasteiger partial charge in [0.2, 0.25) is 0 Å². The molecule has 7 nitrogen and oxygen atoms in total. The number of aromatic nitrogens is 2. The van der Waals surface area contributed by atoms with Crippen molar-refractivity contribution in [3.63, 3.8) is 0 Å². The molecule has 3 rings (SSSR count). The second-order valence-corrected chi connectivity index (χ2v) is 6.66. The maximum atomic E-state index is 12.7. The molecular formula is C21H21ClN4O3. The van der Waals surface area contributed by atoms with Gasteiger partial charge in [-0.2, -0.15) is 5.10 Å². The molecule has 0 saturated heterocycles. The first-order valence-corrected chi connectivity index (χ1v) is 9.46. The SMILES string of the molecule is CCn1cc(NC(=O)c2cccc(COc3cccc(Cl)c3)c2)c(C(=O)NC)n1. The van der Waals surface area contributed by atoms with Crippen LogP contribution in [0, 0.1) is 0 Å². The van der Waals surface area contributed by atoms with Crippen LogP contribution in [-0.4, -0.2) is 28.6 Å². The van der Waals surface area contributed by atoms with E-state index in [1.54, 1.807) is 41.2 Å². The first kappa shape index (κ1) is 20.4. The van der Waals surface area contributed by atoms with E-state index < -0.39 is 0 Å². The number of ether oxygens (including phenoxy) is 1. The monoisotopic (exact) mass is 412 g/mol. The molecule has 1 heterocycles. The third-order valence-corrected chi connectivity index (χ3v) is 4.40. The number of rotatable bonds is 7. The van der Waals surface area contributed by atoms with E-state index in [-0.39, 0.29) is 17.5 Å². The Kier molecular flexibility index (Phi) is 6.51. The Morgan fingerprint density at radius 2 is 1.93 bits per heavy atom. The van der Waals surface area contributed by atoms with Gasteiger partial charge in [0.05, 0.1) is 5.69 Å². The molecule has 0 aliphatic rings. The predicted molar refractivity (Wildman–Crippen MR) is 111 cm³/mol. The summed E-state index contributed by atoms with van der Waals surface area (Å²) in [7, 11) is 1.52. The van der Waals surface area contributed by atoms with Gasteiger partial charge in [-0.05, 0) is 42.8 Å². The van der Waals surface area contributed by atoms with Crippen molar-refractivity contribution in [3.8, 4) is 5.75 Å². The van der Waals surface area contributed by atoms with Gasteiger partial charge in [0.1, 0.15) is 12.4 Å². The van der Waals surface area contributed by atoms with Crippen LogP contribution in [0.2, 0.25) is 5.02 Å². The van der Waals surface area contributed by atoms with Crippen molar-refractivity contribution in [3.05, 3.63) is 76.6 Å². The van der Waals surface area contributed by atoms with Gasteiger partial charge < -0.3 is 15.4 Å². The number of hydrogen-bond acceptors (Lipinski definition) is 4. The fraction of sp³-hybridized carbons (Fsp3) is 0.190. The smallest absolute Gasteiger partial charge is 0.273 e. The van der Waals surface area contributed by atoms with Crippen molar-refractivity contribution in [2.75, 3.05) is 12.4 Å². The molecular weight excluding hydrogens is 392 g/mol. The van der Waals surface area contributed by atoms with E-state index in [1.807, 2.05) is 25.1 Å². The van der Waals surface area contributed by atoms with Crippen LogP contribution in [0.1, 0.15) is 33.3 Å². The lowest BCUT2D eigenvalue weighted by Gasteiger charge is -2.09. The Morgan fingerprint density at radius 3 is 2.66 bits per heavy atom. The van der Waals surface area contributed by atoms with Gasteiger partial charge in [-0.15, -0.1) is 0 Å². The Hall–Kier alpha value is -3.32. The first-order valence-electron chi connectivity index (χ1n) is 9.08. The minimum atomic E-state index is -0.365. The van der Waals surface area contributed by atoms with E-state index in [1.165, 1.54) is 7.05 Å². The van der Waals surface area contributed by atoms with Gasteiger partial charge in [-0.3, -0.25) is 14.3 Å². The molecule has 8 heteroatoms. The number of nitrogens with one attached hydrogen (secondary N) is 2. The van der Waals surface area contributed by atoms with E-state index in [2.05, 4.69) is 15.7 Å². The van der Waals surface area contributed by atoms with Gasteiger partial charge in [-0.25, -0.2) is 0 Å². The molecule has 0 aliphatic carbocycles. The zero-order chi connectivity index (χ0) is 20.8. The summed E-state index contributed by atoms with van der Waals surface area (Å²) in [5.41, 5.74) is 1.80. The molecule has 0 bridgehead atoms. The van der Waals surface area contributed by atoms with Gasteiger partial charge in [-0.1, -0.05) is 29.8 Å². The molecule has 0 spiro atoms. The number of halogens is 1. The Bertz CT molecular complexity index is 1030. The summed E-state index contributed by atoms with van der Waals surface area (Å²) < 4.78 is 7.32. The predicted octanol–water partition coefficient (Wildman–Crippen LogP) is 3.75. The van der Waals surface area contributed by atoms with Gasteiger partial charge in [0, 0.05) is 30.4 Å². The largest absolute Gasteiger partial charge is 0.489 e. The number of hydrogen-bond donors (Lipinski definition) is 2. The summed E-state index contributed by atoms with van der Waals surface area (Å²) in [5.74, 6) is -0.0545. The lowest BCUT2D eigenvalue weighted by molar-refractivity contribution is 0.0958. The van der Waals surface area contributed by atoms with E-state index >= 15 is 0 Å². The van der Waals surface area contributed by atoms with Crippen LogP contribution >= 0.6 is 11.6 Å². The van der Waals surface area contributed by atoms with E-state index in [4.69, 9.17) is 16.3 Å². The number of aryl methyl sites for hydroxylation is 1. The average molecular weight is 413 g/mol. The molecule has 29 heavy (non-hydrogen) atoms. The van der Waals surface area contributed by atoms with Crippen LogP contribution in [-0.2, 0) is 13.2 Å². The van der Waals surface area contributed by atoms with Crippen LogP contribution in [0.25, 0.3) is 0 Å². The van der Waals surface area contributed by atoms with Gasteiger partial charge in [0.15, 0.2) is 5.69 Å². The highest BCUT2D eigenvalue weighted by molar-refractivity contribution is 6.30. The van der Waals surface area contributed by atoms with Crippen molar-refractivity contribution in [1.82, 2.24) is 15.1 Å². The quantitative estimate of drug-likeness (QED) is 0.619. The maximum absolute atomic E-state index is 12.7. The van der Waals surface area contributed by atoms with Crippen molar-refractivity contribution in [2.24, 2.45) is 0 Å². The zero-order valence-electron chi connectivity index (χ0n) is 16.1. The standard InChI is InChI=1S/C21H21ClN4O3/c1-3-26-12-18(19(25-26)21(28)23-2)24-20(27)15-7-4-6-14(10-15)13-29-17-9-5-8-16(22)11-17/h4-12H,3,13H2,1-2H3,(H,23,28)(H,24,27). The molecule has 0 unspecified atom stereocenters. The minimum absolute atomic E-state index is 0.170. The highest BCUT2D eigenvalue weighted by Crippen LogP contribution is 2.19. The molecule has 2 N–H and O–H groups in total. The van der Waals surface area contributed by atoms with Crippen LogP contribution < -0.4 is 15.4 Å². The number of carbonyl (C=O) groups excluding carboxylic acids is 2. The molecule has 0 radical (unpaired) electrons. The normalized spacial score (nSPS) is 10.4. The molecule has 0 atom stereocenters. The first-order chi connectivity index (χ1) is 14.0. The maximum Gasteiger partial charge on any atom is 0.273 e. The zero-order valence-corrected chi connectivity index (χ0v) is 16.9. The molecule has 2 aromatic carbocycles. The average Bonchev–Trinajstić information content (AvgIpc) is 3.15. The number of benzene rings is 2. The summed E-state index contributed by atoms with van der Waals surface area (Å²) in [6.45, 7) is 2.77. The molecule has 0 aliphatic heterocycles. The summed E-state index contributed by atoms with van der Waals surface area (Å²) in [6, 6.07) is 14.2. The van der Waals surface area contributed by atoms with Crippen molar-refractivity contribution in [2.45, 2.75) is 20.1 Å². The van der Waals surface area contributed by atoms with Gasteiger partial charge >= 0.3 is 0 Å². The molecule has 3 aromatic rings. The number of anilines is 1. The second-order valence-electron chi connectivity index (χ2n) is 6.23. The van der Waals surface area contributed by atoms with Crippen LogP contribution in [0.15, 0.2) is 54.7 Å². The third-order valence-electron chi connectivity index (χ3n) is 4.17. The number of amides is 2. The van der Waals surface area contributed by atoms with Crippen molar-refractivity contribution in [1.29, 1.82) is 0 Å². The number of nitrogens with zero attached hydrogens (tertiary/aromatic N) is 2.